The predicted molar refractivity (Wildman–Crippen MR) is 101 cm³/mol. The lowest BCUT2D eigenvalue weighted by Gasteiger charge is -2.37. The van der Waals surface area contributed by atoms with Gasteiger partial charge in [0.05, 0.1) is 0 Å². The number of aromatic nitrogens is 2. The highest BCUT2D eigenvalue weighted by Crippen LogP contribution is 2.38. The molecule has 2 saturated heterocycles. The molecule has 152 valence electrons. The summed E-state index contributed by atoms with van der Waals surface area (Å²) in [6.45, 7) is 3.57. The van der Waals surface area contributed by atoms with Crippen LogP contribution in [-0.2, 0) is 16.6 Å². The van der Waals surface area contributed by atoms with E-state index in [0.29, 0.717) is 26.1 Å². The molecule has 9 nitrogen and oxygen atoms in total. The normalized spacial score (nSPS) is 30.8. The Hall–Kier alpha value is -2.42. The molecule has 9 heteroatoms. The number of amides is 4. The Morgan fingerprint density at radius 2 is 2.18 bits per heavy atom. The highest BCUT2D eigenvalue weighted by Gasteiger charge is 2.55. The van der Waals surface area contributed by atoms with Gasteiger partial charge in [-0.15, -0.1) is 0 Å². The highest BCUT2D eigenvalue weighted by molar-refractivity contribution is 6.09. The van der Waals surface area contributed by atoms with E-state index >= 15 is 0 Å². The molecule has 4 rings (SSSR count). The molecule has 1 spiro atoms. The third-order valence-electron chi connectivity index (χ3n) is 6.52. The lowest BCUT2D eigenvalue weighted by atomic mass is 9.73. The Morgan fingerprint density at radius 1 is 1.36 bits per heavy atom. The van der Waals surface area contributed by atoms with E-state index < -0.39 is 11.6 Å². The van der Waals surface area contributed by atoms with Crippen molar-refractivity contribution < 1.29 is 14.4 Å². The van der Waals surface area contributed by atoms with Gasteiger partial charge in [-0.1, -0.05) is 19.8 Å². The number of nitrogens with one attached hydrogen (secondary N) is 2. The molecule has 4 amide bonds. The van der Waals surface area contributed by atoms with Gasteiger partial charge < -0.3 is 20.1 Å². The molecule has 3 unspecified atom stereocenters. The average molecular weight is 388 g/mol. The van der Waals surface area contributed by atoms with Gasteiger partial charge in [0.15, 0.2) is 0 Å². The maximum absolute atomic E-state index is 13.1. The summed E-state index contributed by atoms with van der Waals surface area (Å²) in [6.07, 6.45) is 7.09. The molecule has 1 aliphatic carbocycles. The highest BCUT2D eigenvalue weighted by atomic mass is 16.2. The smallest absolute Gasteiger partial charge is 0.325 e. The fraction of sp³-hybridized carbons (Fsp3) is 0.684. The summed E-state index contributed by atoms with van der Waals surface area (Å²) in [4.78, 5) is 46.0. The third-order valence-corrected chi connectivity index (χ3v) is 6.52. The van der Waals surface area contributed by atoms with Crippen LogP contribution in [0.25, 0.3) is 0 Å². The van der Waals surface area contributed by atoms with Crippen LogP contribution in [0.4, 0.5) is 4.79 Å². The van der Waals surface area contributed by atoms with Crippen molar-refractivity contribution in [2.45, 2.75) is 44.2 Å². The van der Waals surface area contributed by atoms with E-state index in [-0.39, 0.29) is 30.3 Å². The van der Waals surface area contributed by atoms with Crippen molar-refractivity contribution in [3.63, 3.8) is 0 Å². The maximum Gasteiger partial charge on any atom is 0.325 e. The molecule has 1 saturated carbocycles. The molecule has 28 heavy (non-hydrogen) atoms. The number of imide groups is 1. The van der Waals surface area contributed by atoms with Crippen molar-refractivity contribution >= 4 is 17.8 Å². The summed E-state index contributed by atoms with van der Waals surface area (Å²) in [5, 5.41) is 6.20. The average Bonchev–Trinajstić information content (AvgIpc) is 3.21. The van der Waals surface area contributed by atoms with Crippen molar-refractivity contribution in [3.8, 4) is 0 Å². The molecular weight excluding hydrogens is 360 g/mol. The number of hydrogen-bond donors (Lipinski definition) is 2. The van der Waals surface area contributed by atoms with Crippen LogP contribution in [0.2, 0.25) is 0 Å². The fourth-order valence-electron chi connectivity index (χ4n) is 4.80. The second-order valence-electron chi connectivity index (χ2n) is 8.14. The first kappa shape index (κ1) is 18.9. The van der Waals surface area contributed by atoms with Gasteiger partial charge in [0.1, 0.15) is 23.9 Å². The summed E-state index contributed by atoms with van der Waals surface area (Å²) in [6, 6.07) is -0.666. The zero-order chi connectivity index (χ0) is 19.9. The van der Waals surface area contributed by atoms with Gasteiger partial charge in [0.25, 0.3) is 5.91 Å². The van der Waals surface area contributed by atoms with Crippen LogP contribution in [0.3, 0.4) is 0 Å². The first-order valence-electron chi connectivity index (χ1n) is 10.1. The molecule has 0 aromatic carbocycles. The van der Waals surface area contributed by atoms with Crippen molar-refractivity contribution in [1.82, 2.24) is 30.0 Å². The number of urea groups is 1. The minimum atomic E-state index is -0.835. The summed E-state index contributed by atoms with van der Waals surface area (Å²) in [5.74, 6) is 0.396. The minimum absolute atomic E-state index is 0.0808. The van der Waals surface area contributed by atoms with E-state index in [1.807, 2.05) is 24.7 Å². The number of carbonyl (C=O) groups excluding carboxylic acids is 3. The summed E-state index contributed by atoms with van der Waals surface area (Å²) in [5.41, 5.74) is -0.835. The fourth-order valence-corrected chi connectivity index (χ4v) is 4.80. The van der Waals surface area contributed by atoms with Gasteiger partial charge in [-0.3, -0.25) is 14.5 Å². The first-order valence-corrected chi connectivity index (χ1v) is 10.1. The zero-order valence-corrected chi connectivity index (χ0v) is 16.5. The van der Waals surface area contributed by atoms with Gasteiger partial charge in [-0.2, -0.15) is 0 Å². The Balaban J connectivity index is 1.52. The quantitative estimate of drug-likeness (QED) is 0.730. The number of aryl methyl sites for hydroxylation is 1. The van der Waals surface area contributed by atoms with Crippen molar-refractivity contribution in [2.24, 2.45) is 13.0 Å². The molecular formula is C19H28N6O3. The molecule has 2 aliphatic heterocycles. The number of hydrogen-bond acceptors (Lipinski definition) is 5. The molecule has 3 atom stereocenters. The summed E-state index contributed by atoms with van der Waals surface area (Å²) in [7, 11) is 1.89. The van der Waals surface area contributed by atoms with E-state index in [1.165, 1.54) is 0 Å². The topological polar surface area (TPSA) is 99.6 Å². The monoisotopic (exact) mass is 388 g/mol. The van der Waals surface area contributed by atoms with Crippen LogP contribution in [0.5, 0.6) is 0 Å². The van der Waals surface area contributed by atoms with E-state index in [1.54, 1.807) is 11.1 Å². The molecule has 1 aromatic rings. The van der Waals surface area contributed by atoms with Gasteiger partial charge >= 0.3 is 6.03 Å². The standard InChI is InChI=1S/C19H28N6O3/c1-13-5-3-4-6-19(13)17(27)25(18(28)22-19)12-15(26)24-10-7-20-11-14(24)16-21-8-9-23(16)2/h8-9,13-14,20H,3-7,10-12H2,1-2H3,(H,22,28). The summed E-state index contributed by atoms with van der Waals surface area (Å²) >= 11 is 0. The number of imidazole rings is 1. The Labute approximate surface area is 164 Å². The molecule has 3 aliphatic rings. The van der Waals surface area contributed by atoms with Crippen molar-refractivity contribution in [2.75, 3.05) is 26.2 Å². The Kier molecular flexibility index (Phi) is 4.86. The zero-order valence-electron chi connectivity index (χ0n) is 16.5. The number of carbonyl (C=O) groups is 3. The van der Waals surface area contributed by atoms with Crippen molar-refractivity contribution in [1.29, 1.82) is 0 Å². The molecule has 3 fully saturated rings. The number of rotatable bonds is 3. The second kappa shape index (κ2) is 7.20. The van der Waals surface area contributed by atoms with E-state index in [2.05, 4.69) is 15.6 Å². The largest absolute Gasteiger partial charge is 0.336 e. The van der Waals surface area contributed by atoms with Gasteiger partial charge in [-0.25, -0.2) is 9.78 Å². The van der Waals surface area contributed by atoms with E-state index in [0.717, 1.165) is 30.0 Å². The second-order valence-corrected chi connectivity index (χ2v) is 8.14. The number of nitrogens with zero attached hydrogens (tertiary/aromatic N) is 4. The molecule has 1 aromatic heterocycles. The molecule has 0 radical (unpaired) electrons. The summed E-state index contributed by atoms with van der Waals surface area (Å²) < 4.78 is 1.89. The SMILES string of the molecule is CC1CCCCC12NC(=O)N(CC(=O)N1CCNCC1c1nccn1C)C2=O. The van der Waals surface area contributed by atoms with Gasteiger partial charge in [0.2, 0.25) is 5.91 Å². The molecule has 2 N–H and O–H groups in total. The molecule has 3 heterocycles. The predicted octanol–water partition coefficient (Wildman–Crippen LogP) is 0.394. The van der Waals surface area contributed by atoms with Crippen molar-refractivity contribution in [3.05, 3.63) is 18.2 Å². The Morgan fingerprint density at radius 3 is 2.89 bits per heavy atom. The van der Waals surface area contributed by atoms with E-state index in [9.17, 15) is 14.4 Å². The first-order chi connectivity index (χ1) is 13.4. The van der Waals surface area contributed by atoms with Gasteiger partial charge in [-0.05, 0) is 18.8 Å². The van der Waals surface area contributed by atoms with Crippen LogP contribution in [-0.4, -0.2) is 68.9 Å². The van der Waals surface area contributed by atoms with Crippen LogP contribution in [0.1, 0.15) is 44.5 Å². The minimum Gasteiger partial charge on any atom is -0.336 e. The maximum atomic E-state index is 13.1. The van der Waals surface area contributed by atoms with E-state index in [4.69, 9.17) is 0 Å². The third kappa shape index (κ3) is 2.97. The van der Waals surface area contributed by atoms with Crippen LogP contribution < -0.4 is 10.6 Å². The van der Waals surface area contributed by atoms with Gasteiger partial charge in [0, 0.05) is 39.1 Å². The lowest BCUT2D eigenvalue weighted by Crippen LogP contribution is -2.55. The lowest BCUT2D eigenvalue weighted by molar-refractivity contribution is -0.142. The Bertz CT molecular complexity index is 792. The van der Waals surface area contributed by atoms with Crippen LogP contribution in [0.15, 0.2) is 12.4 Å². The molecule has 0 bridgehead atoms. The van der Waals surface area contributed by atoms with Crippen LogP contribution >= 0.6 is 0 Å². The number of piperazine rings is 1. The van der Waals surface area contributed by atoms with Crippen LogP contribution in [0, 0.1) is 5.92 Å².